The first kappa shape index (κ1) is 26.4. The zero-order valence-corrected chi connectivity index (χ0v) is 21.1. The number of benzene rings is 1. The van der Waals surface area contributed by atoms with Crippen LogP contribution in [0.2, 0.25) is 0 Å². The average molecular weight is 500 g/mol. The van der Waals surface area contributed by atoms with E-state index in [1.54, 1.807) is 54.5 Å². The number of carbonyl (C=O) groups is 4. The minimum atomic E-state index is -0.298. The monoisotopic (exact) mass is 499 g/mol. The van der Waals surface area contributed by atoms with Gasteiger partial charge < -0.3 is 19.9 Å². The Morgan fingerprint density at radius 1 is 1.14 bits per heavy atom. The molecule has 9 heteroatoms. The molecule has 1 fully saturated rings. The van der Waals surface area contributed by atoms with Crippen molar-refractivity contribution in [1.82, 2.24) is 9.80 Å². The summed E-state index contributed by atoms with van der Waals surface area (Å²) in [4.78, 5) is 54.1. The second kappa shape index (κ2) is 13.0. The van der Waals surface area contributed by atoms with E-state index in [9.17, 15) is 19.2 Å². The predicted octanol–water partition coefficient (Wildman–Crippen LogP) is 3.58. The van der Waals surface area contributed by atoms with Crippen LogP contribution in [-0.4, -0.2) is 66.8 Å². The summed E-state index contributed by atoms with van der Waals surface area (Å²) in [6.07, 6.45) is 3.15. The molecule has 0 radical (unpaired) electrons. The molecule has 2 aromatic rings. The number of carbonyl (C=O) groups excluding carboxylic acids is 4. The van der Waals surface area contributed by atoms with Gasteiger partial charge >= 0.3 is 5.97 Å². The Morgan fingerprint density at radius 3 is 2.60 bits per heavy atom. The number of likely N-dealkylation sites (tertiary alicyclic amines) is 1. The summed E-state index contributed by atoms with van der Waals surface area (Å²) < 4.78 is 5.07. The molecule has 1 aliphatic rings. The largest absolute Gasteiger partial charge is 0.466 e. The topological polar surface area (TPSA) is 96.0 Å². The van der Waals surface area contributed by atoms with Crippen LogP contribution < -0.4 is 5.32 Å². The van der Waals surface area contributed by atoms with Crippen LogP contribution in [0.5, 0.6) is 0 Å². The van der Waals surface area contributed by atoms with E-state index in [1.807, 2.05) is 11.4 Å². The summed E-state index contributed by atoms with van der Waals surface area (Å²) in [6.45, 7) is 3.02. The number of nitrogens with one attached hydrogen (secondary N) is 1. The molecule has 0 unspecified atom stereocenters. The highest BCUT2D eigenvalue weighted by molar-refractivity contribution is 7.09. The molecule has 35 heavy (non-hydrogen) atoms. The minimum absolute atomic E-state index is 0.0534. The molecule has 0 aliphatic carbocycles. The summed E-state index contributed by atoms with van der Waals surface area (Å²) in [6, 6.07) is 10.8. The van der Waals surface area contributed by atoms with Crippen molar-refractivity contribution in [2.24, 2.45) is 5.92 Å². The molecule has 1 aliphatic heterocycles. The molecule has 0 atom stereocenters. The number of piperidine rings is 1. The number of hydrogen-bond donors (Lipinski definition) is 1. The minimum Gasteiger partial charge on any atom is -0.466 e. The lowest BCUT2D eigenvalue weighted by Crippen LogP contribution is -2.45. The van der Waals surface area contributed by atoms with Gasteiger partial charge in [0.05, 0.1) is 19.1 Å². The normalized spacial score (nSPS) is 13.8. The lowest BCUT2D eigenvalue weighted by atomic mass is 9.97. The maximum atomic E-state index is 12.9. The fraction of sp³-hybridized carbons (Fsp3) is 0.462. The second-order valence-corrected chi connectivity index (χ2v) is 9.66. The third-order valence-corrected chi connectivity index (χ3v) is 6.92. The zero-order chi connectivity index (χ0) is 25.2. The maximum absolute atomic E-state index is 12.9. The van der Waals surface area contributed by atoms with E-state index in [0.29, 0.717) is 50.2 Å². The van der Waals surface area contributed by atoms with Gasteiger partial charge in [0.25, 0.3) is 5.91 Å². The van der Waals surface area contributed by atoms with Crippen molar-refractivity contribution in [3.63, 3.8) is 0 Å². The van der Waals surface area contributed by atoms with Gasteiger partial charge in [-0.3, -0.25) is 19.2 Å². The Kier molecular flexibility index (Phi) is 9.84. The van der Waals surface area contributed by atoms with Crippen molar-refractivity contribution in [2.75, 3.05) is 38.6 Å². The Hall–Kier alpha value is -3.20. The number of anilines is 1. The van der Waals surface area contributed by atoms with Gasteiger partial charge in [-0.15, -0.1) is 11.3 Å². The Morgan fingerprint density at radius 2 is 1.91 bits per heavy atom. The van der Waals surface area contributed by atoms with Crippen LogP contribution >= 0.6 is 11.3 Å². The smallest absolute Gasteiger partial charge is 0.309 e. The number of thiophene rings is 1. The first-order valence-electron chi connectivity index (χ1n) is 12.0. The van der Waals surface area contributed by atoms with Crippen LogP contribution in [0.25, 0.3) is 0 Å². The molecule has 8 nitrogen and oxygen atoms in total. The number of ether oxygens (including phenoxy) is 1. The molecule has 2 heterocycles. The molecule has 1 N–H and O–H groups in total. The first-order chi connectivity index (χ1) is 16.9. The highest BCUT2D eigenvalue weighted by Gasteiger charge is 2.29. The molecule has 0 saturated carbocycles. The van der Waals surface area contributed by atoms with Gasteiger partial charge in [-0.2, -0.15) is 0 Å². The molecule has 0 spiro atoms. The van der Waals surface area contributed by atoms with Gasteiger partial charge in [-0.1, -0.05) is 12.1 Å². The van der Waals surface area contributed by atoms with Crippen LogP contribution in [0.1, 0.15) is 47.8 Å². The third-order valence-electron chi connectivity index (χ3n) is 5.99. The SMILES string of the molecule is CCOC(=O)C1CCN(C(=O)CN(C)C(=O)c2cccc(NC(=O)CCCc3cccs3)c2)CC1. The molecule has 188 valence electrons. The molecule has 1 saturated heterocycles. The van der Waals surface area contributed by atoms with E-state index >= 15 is 0 Å². The van der Waals surface area contributed by atoms with Gasteiger partial charge in [0.2, 0.25) is 11.8 Å². The van der Waals surface area contributed by atoms with E-state index in [2.05, 4.69) is 11.4 Å². The molecular weight excluding hydrogens is 466 g/mol. The van der Waals surface area contributed by atoms with E-state index in [-0.39, 0.29) is 36.2 Å². The molecule has 3 amide bonds. The van der Waals surface area contributed by atoms with E-state index in [4.69, 9.17) is 4.74 Å². The average Bonchev–Trinajstić information content (AvgIpc) is 3.37. The molecular formula is C26H33N3O5S. The number of amides is 3. The van der Waals surface area contributed by atoms with E-state index in [0.717, 1.165) is 12.8 Å². The van der Waals surface area contributed by atoms with Crippen LogP contribution in [0.4, 0.5) is 5.69 Å². The predicted molar refractivity (Wildman–Crippen MR) is 135 cm³/mol. The van der Waals surface area contributed by atoms with Crippen molar-refractivity contribution in [2.45, 2.75) is 39.0 Å². The van der Waals surface area contributed by atoms with Crippen LogP contribution in [0.15, 0.2) is 41.8 Å². The standard InChI is InChI=1S/C26H33N3O5S/c1-3-34-26(33)19-12-14-29(15-13-19)24(31)18-28(2)25(32)20-7-4-8-21(17-20)27-23(30)11-5-9-22-10-6-16-35-22/h4,6-8,10,16-17,19H,3,5,9,11-15,18H2,1-2H3,(H,27,30). The molecule has 1 aromatic heterocycles. The fourth-order valence-electron chi connectivity index (χ4n) is 4.05. The van der Waals surface area contributed by atoms with Gasteiger partial charge in [0.15, 0.2) is 0 Å². The summed E-state index contributed by atoms with van der Waals surface area (Å²) in [5.74, 6) is -0.929. The lowest BCUT2D eigenvalue weighted by Gasteiger charge is -2.32. The Labute approximate surface area is 210 Å². The summed E-state index contributed by atoms with van der Waals surface area (Å²) in [5, 5.41) is 4.88. The summed E-state index contributed by atoms with van der Waals surface area (Å²) in [5.41, 5.74) is 0.954. The second-order valence-electron chi connectivity index (χ2n) is 8.63. The molecule has 3 rings (SSSR count). The summed E-state index contributed by atoms with van der Waals surface area (Å²) >= 11 is 1.68. The zero-order valence-electron chi connectivity index (χ0n) is 20.3. The van der Waals surface area contributed by atoms with Crippen molar-refractivity contribution in [3.05, 3.63) is 52.2 Å². The lowest BCUT2D eigenvalue weighted by molar-refractivity contribution is -0.151. The van der Waals surface area contributed by atoms with Gasteiger partial charge in [0, 0.05) is 42.7 Å². The van der Waals surface area contributed by atoms with Gasteiger partial charge in [0.1, 0.15) is 0 Å². The number of nitrogens with zero attached hydrogens (tertiary/aromatic N) is 2. The highest BCUT2D eigenvalue weighted by Crippen LogP contribution is 2.19. The molecule has 0 bridgehead atoms. The van der Waals surface area contributed by atoms with Crippen LogP contribution in [-0.2, 0) is 25.5 Å². The maximum Gasteiger partial charge on any atom is 0.309 e. The number of hydrogen-bond acceptors (Lipinski definition) is 6. The van der Waals surface area contributed by atoms with Crippen LogP contribution in [0.3, 0.4) is 0 Å². The van der Waals surface area contributed by atoms with E-state index in [1.165, 1.54) is 9.78 Å². The fourth-order valence-corrected chi connectivity index (χ4v) is 4.80. The molecule has 1 aromatic carbocycles. The van der Waals surface area contributed by atoms with Crippen molar-refractivity contribution in [3.8, 4) is 0 Å². The quantitative estimate of drug-likeness (QED) is 0.504. The third kappa shape index (κ3) is 7.92. The summed E-state index contributed by atoms with van der Waals surface area (Å²) in [7, 11) is 1.58. The van der Waals surface area contributed by atoms with E-state index < -0.39 is 0 Å². The number of aryl methyl sites for hydroxylation is 1. The number of rotatable bonds is 10. The Balaban J connectivity index is 1.46. The van der Waals surface area contributed by atoms with Gasteiger partial charge in [-0.25, -0.2) is 0 Å². The first-order valence-corrected chi connectivity index (χ1v) is 12.9. The highest BCUT2D eigenvalue weighted by atomic mass is 32.1. The number of esters is 1. The van der Waals surface area contributed by atoms with Crippen molar-refractivity contribution in [1.29, 1.82) is 0 Å². The van der Waals surface area contributed by atoms with Crippen molar-refractivity contribution < 1.29 is 23.9 Å². The van der Waals surface area contributed by atoms with Gasteiger partial charge in [-0.05, 0) is 62.3 Å². The number of likely N-dealkylation sites (N-methyl/N-ethyl adjacent to an activating group) is 1. The van der Waals surface area contributed by atoms with Crippen molar-refractivity contribution >= 4 is 40.7 Å². The Bertz CT molecular complexity index is 1020. The van der Waals surface area contributed by atoms with Crippen LogP contribution in [0, 0.1) is 5.92 Å².